The van der Waals surface area contributed by atoms with Crippen LogP contribution in [-0.4, -0.2) is 34.6 Å². The fourth-order valence-corrected chi connectivity index (χ4v) is 3.40. The quantitative estimate of drug-likeness (QED) is 0.641. The van der Waals surface area contributed by atoms with Crippen molar-refractivity contribution >= 4 is 22.3 Å². The van der Waals surface area contributed by atoms with Crippen LogP contribution in [0.25, 0.3) is 0 Å². The Morgan fingerprint density at radius 2 is 1.96 bits per heavy atom. The summed E-state index contributed by atoms with van der Waals surface area (Å²) < 4.78 is 12.0. The van der Waals surface area contributed by atoms with Gasteiger partial charge in [0, 0.05) is 30.0 Å². The van der Waals surface area contributed by atoms with Crippen molar-refractivity contribution in [2.24, 2.45) is 5.92 Å². The van der Waals surface area contributed by atoms with Gasteiger partial charge in [-0.25, -0.2) is 9.97 Å². The lowest BCUT2D eigenvalue weighted by Crippen LogP contribution is -2.30. The maximum Gasteiger partial charge on any atom is 0.188 e. The Labute approximate surface area is 161 Å². The van der Waals surface area contributed by atoms with Crippen LogP contribution >= 0.6 is 11.3 Å². The second-order valence-corrected chi connectivity index (χ2v) is 7.16. The van der Waals surface area contributed by atoms with E-state index in [-0.39, 0.29) is 0 Å². The molecule has 0 unspecified atom stereocenters. The smallest absolute Gasteiger partial charge is 0.188 e. The van der Waals surface area contributed by atoms with Gasteiger partial charge in [-0.15, -0.1) is 11.3 Å². The summed E-state index contributed by atoms with van der Waals surface area (Å²) in [4.78, 5) is 12.7. The molecule has 0 spiro atoms. The van der Waals surface area contributed by atoms with Gasteiger partial charge in [-0.2, -0.15) is 0 Å². The minimum absolute atomic E-state index is 0.545. The number of hydrogen-bond donors (Lipinski definition) is 2. The highest BCUT2D eigenvalue weighted by atomic mass is 32.1. The van der Waals surface area contributed by atoms with E-state index >= 15 is 0 Å². The fourth-order valence-electron chi connectivity index (χ4n) is 2.87. The Morgan fingerprint density at radius 3 is 2.74 bits per heavy atom. The normalized spacial score (nSPS) is 14.7. The van der Waals surface area contributed by atoms with Crippen molar-refractivity contribution in [3.63, 3.8) is 0 Å². The van der Waals surface area contributed by atoms with E-state index in [2.05, 4.69) is 25.6 Å². The predicted molar refractivity (Wildman–Crippen MR) is 105 cm³/mol. The zero-order valence-electron chi connectivity index (χ0n) is 14.8. The van der Waals surface area contributed by atoms with E-state index in [1.54, 1.807) is 36.9 Å². The van der Waals surface area contributed by atoms with Crippen LogP contribution in [0.4, 0.5) is 10.9 Å². The molecule has 0 atom stereocenters. The lowest BCUT2D eigenvalue weighted by atomic mass is 9.99. The third kappa shape index (κ3) is 4.93. The van der Waals surface area contributed by atoms with E-state index in [1.807, 2.05) is 11.4 Å². The molecule has 0 radical (unpaired) electrons. The van der Waals surface area contributed by atoms with Gasteiger partial charge in [0.1, 0.15) is 11.5 Å². The summed E-state index contributed by atoms with van der Waals surface area (Å²) in [7, 11) is 0. The number of anilines is 2. The van der Waals surface area contributed by atoms with Gasteiger partial charge >= 0.3 is 0 Å². The van der Waals surface area contributed by atoms with Gasteiger partial charge in [0.25, 0.3) is 0 Å². The summed E-state index contributed by atoms with van der Waals surface area (Å²) in [5.41, 5.74) is 0. The Morgan fingerprint density at radius 1 is 1.11 bits per heavy atom. The summed E-state index contributed by atoms with van der Waals surface area (Å²) in [6, 6.07) is 5.47. The number of piperidine rings is 1. The maximum absolute atomic E-state index is 6.14. The van der Waals surface area contributed by atoms with Gasteiger partial charge in [0.2, 0.25) is 0 Å². The first-order valence-electron chi connectivity index (χ1n) is 8.95. The summed E-state index contributed by atoms with van der Waals surface area (Å²) >= 11 is 1.52. The zero-order chi connectivity index (χ0) is 18.3. The van der Waals surface area contributed by atoms with E-state index in [4.69, 9.17) is 9.47 Å². The molecule has 0 amide bonds. The summed E-state index contributed by atoms with van der Waals surface area (Å²) in [6.07, 6.45) is 9.05. The number of ether oxygens (including phenoxy) is 2. The van der Waals surface area contributed by atoms with Crippen molar-refractivity contribution < 1.29 is 9.47 Å². The number of nitrogens with one attached hydrogen (secondary N) is 2. The summed E-state index contributed by atoms with van der Waals surface area (Å²) in [6.45, 7) is 2.75. The highest BCUT2D eigenvalue weighted by Crippen LogP contribution is 2.32. The van der Waals surface area contributed by atoms with Crippen LogP contribution in [0.1, 0.15) is 12.8 Å². The molecule has 1 aliphatic rings. The van der Waals surface area contributed by atoms with E-state index in [0.717, 1.165) is 31.1 Å². The van der Waals surface area contributed by atoms with Crippen LogP contribution in [0.3, 0.4) is 0 Å². The molecule has 1 fully saturated rings. The summed E-state index contributed by atoms with van der Waals surface area (Å²) in [5, 5.41) is 9.29. The van der Waals surface area contributed by atoms with Gasteiger partial charge in [-0.1, -0.05) is 0 Å². The van der Waals surface area contributed by atoms with Gasteiger partial charge in [-0.05, 0) is 44.0 Å². The first kappa shape index (κ1) is 17.7. The molecule has 0 aliphatic carbocycles. The molecule has 4 rings (SSSR count). The molecule has 7 nitrogen and oxygen atoms in total. The van der Waals surface area contributed by atoms with E-state index in [0.29, 0.717) is 35.6 Å². The molecule has 140 valence electrons. The number of hydrogen-bond acceptors (Lipinski definition) is 8. The molecule has 3 aromatic heterocycles. The molecule has 4 heterocycles. The second kappa shape index (κ2) is 8.79. The Bertz CT molecular complexity index is 839. The third-order valence-electron chi connectivity index (χ3n) is 4.30. The first-order valence-corrected chi connectivity index (χ1v) is 9.83. The van der Waals surface area contributed by atoms with Crippen molar-refractivity contribution in [2.75, 3.05) is 25.0 Å². The Balaban J connectivity index is 1.52. The molecule has 8 heteroatoms. The summed E-state index contributed by atoms with van der Waals surface area (Å²) in [5.74, 6) is 3.17. The van der Waals surface area contributed by atoms with Crippen LogP contribution in [0.5, 0.6) is 17.2 Å². The molecule has 1 saturated heterocycles. The molecule has 2 N–H and O–H groups in total. The molecule has 0 aromatic carbocycles. The van der Waals surface area contributed by atoms with Crippen LogP contribution in [0, 0.1) is 5.92 Å². The highest BCUT2D eigenvalue weighted by molar-refractivity contribution is 7.13. The molecule has 27 heavy (non-hydrogen) atoms. The number of rotatable bonds is 7. The van der Waals surface area contributed by atoms with Gasteiger partial charge < -0.3 is 20.1 Å². The fraction of sp³-hybridized carbons (Fsp3) is 0.316. The van der Waals surface area contributed by atoms with Gasteiger partial charge in [0.15, 0.2) is 16.7 Å². The molecule has 3 aromatic rings. The van der Waals surface area contributed by atoms with Crippen LogP contribution in [-0.2, 0) is 0 Å². The van der Waals surface area contributed by atoms with Crippen LogP contribution < -0.4 is 20.1 Å². The number of nitrogens with zero attached hydrogens (tertiary/aromatic N) is 3. The van der Waals surface area contributed by atoms with Crippen molar-refractivity contribution in [1.29, 1.82) is 0 Å². The SMILES string of the molecule is c1cc(Oc2cnc(Nc3nccs3)c(OCC3CCNCC3)c2)ccn1. The van der Waals surface area contributed by atoms with Gasteiger partial charge in [0.05, 0.1) is 12.8 Å². The lowest BCUT2D eigenvalue weighted by molar-refractivity contribution is 0.215. The minimum atomic E-state index is 0.545. The number of thiazole rings is 1. The molecule has 0 saturated carbocycles. The first-order chi connectivity index (χ1) is 13.4. The van der Waals surface area contributed by atoms with E-state index < -0.39 is 0 Å². The average molecular weight is 383 g/mol. The molecular weight excluding hydrogens is 362 g/mol. The van der Waals surface area contributed by atoms with Crippen LogP contribution in [0.2, 0.25) is 0 Å². The minimum Gasteiger partial charge on any atom is -0.489 e. The standard InChI is InChI=1S/C19H21N5O2S/c1-5-20-6-2-14(1)13-25-17-11-16(26-15-3-7-21-8-4-15)12-23-18(17)24-19-22-9-10-27-19/h3-4,7-12,14,20H,1-2,5-6,13H2,(H,22,23,24). The van der Waals surface area contributed by atoms with E-state index in [9.17, 15) is 0 Å². The monoisotopic (exact) mass is 383 g/mol. The van der Waals surface area contributed by atoms with Crippen molar-refractivity contribution in [3.05, 3.63) is 48.4 Å². The van der Waals surface area contributed by atoms with Crippen molar-refractivity contribution in [2.45, 2.75) is 12.8 Å². The third-order valence-corrected chi connectivity index (χ3v) is 4.99. The molecular formula is C19H21N5O2S. The zero-order valence-corrected chi connectivity index (χ0v) is 15.6. The second-order valence-electron chi connectivity index (χ2n) is 6.27. The van der Waals surface area contributed by atoms with Gasteiger partial charge in [-0.3, -0.25) is 4.98 Å². The lowest BCUT2D eigenvalue weighted by Gasteiger charge is -2.23. The molecule has 1 aliphatic heterocycles. The van der Waals surface area contributed by atoms with Crippen LogP contribution in [0.15, 0.2) is 48.4 Å². The van der Waals surface area contributed by atoms with Crippen molar-refractivity contribution in [1.82, 2.24) is 20.3 Å². The number of pyridine rings is 2. The predicted octanol–water partition coefficient (Wildman–Crippen LogP) is 3.85. The largest absolute Gasteiger partial charge is 0.489 e. The maximum atomic E-state index is 6.14. The van der Waals surface area contributed by atoms with E-state index in [1.165, 1.54) is 11.3 Å². The topological polar surface area (TPSA) is 81.2 Å². The number of aromatic nitrogens is 3. The average Bonchev–Trinajstić information content (AvgIpc) is 3.23. The van der Waals surface area contributed by atoms with Crippen molar-refractivity contribution in [3.8, 4) is 17.2 Å². The highest BCUT2D eigenvalue weighted by Gasteiger charge is 2.16. The molecule has 0 bridgehead atoms. The Hall–Kier alpha value is -2.71. The Kier molecular flexibility index (Phi) is 5.76.